The van der Waals surface area contributed by atoms with Crippen LogP contribution in [0.2, 0.25) is 0 Å². The van der Waals surface area contributed by atoms with Crippen molar-refractivity contribution in [1.29, 1.82) is 10.5 Å². The molecule has 56 heavy (non-hydrogen) atoms. The monoisotopic (exact) mass is 713 g/mol. The third kappa shape index (κ3) is 5.80. The van der Waals surface area contributed by atoms with E-state index in [1.54, 1.807) is 0 Å². The quantitative estimate of drug-likeness (QED) is 0.172. The van der Waals surface area contributed by atoms with Crippen molar-refractivity contribution in [3.05, 3.63) is 199 Å². The van der Waals surface area contributed by atoms with Crippen molar-refractivity contribution in [2.45, 2.75) is 0 Å². The third-order valence-corrected chi connectivity index (χ3v) is 10.7. The van der Waals surface area contributed by atoms with Crippen LogP contribution in [0.3, 0.4) is 0 Å². The van der Waals surface area contributed by atoms with E-state index < -0.39 is 0 Å². The first kappa shape index (κ1) is 32.7. The van der Waals surface area contributed by atoms with Crippen molar-refractivity contribution in [2.75, 3.05) is 4.90 Å². The topological polar surface area (TPSA) is 64.0 Å². The van der Waals surface area contributed by atoms with Crippen molar-refractivity contribution < 1.29 is 4.42 Å². The van der Waals surface area contributed by atoms with Gasteiger partial charge >= 0.3 is 0 Å². The predicted octanol–water partition coefficient (Wildman–Crippen LogP) is 14.1. The summed E-state index contributed by atoms with van der Waals surface area (Å²) in [7, 11) is 0. The number of para-hydroxylation sites is 2. The summed E-state index contributed by atoms with van der Waals surface area (Å²) < 4.78 is 6.38. The van der Waals surface area contributed by atoms with Gasteiger partial charge in [-0.1, -0.05) is 109 Å². The van der Waals surface area contributed by atoms with Crippen LogP contribution in [0.15, 0.2) is 192 Å². The summed E-state index contributed by atoms with van der Waals surface area (Å²) >= 11 is 0. The minimum Gasteiger partial charge on any atom is -0.455 e. The number of rotatable bonds is 6. The van der Waals surface area contributed by atoms with Gasteiger partial charge in [-0.05, 0) is 128 Å². The molecule has 0 aliphatic heterocycles. The van der Waals surface area contributed by atoms with Crippen LogP contribution in [0.1, 0.15) is 11.1 Å². The first-order chi connectivity index (χ1) is 27.6. The molecule has 0 atom stereocenters. The maximum atomic E-state index is 9.34. The zero-order valence-electron chi connectivity index (χ0n) is 30.1. The van der Waals surface area contributed by atoms with Crippen molar-refractivity contribution in [2.24, 2.45) is 0 Å². The Morgan fingerprint density at radius 1 is 0.375 bits per heavy atom. The molecule has 0 spiro atoms. The highest BCUT2D eigenvalue weighted by Crippen LogP contribution is 2.40. The van der Waals surface area contributed by atoms with Crippen molar-refractivity contribution in [3.63, 3.8) is 0 Å². The van der Waals surface area contributed by atoms with Crippen LogP contribution >= 0.6 is 0 Å². The van der Waals surface area contributed by atoms with Gasteiger partial charge in [0.1, 0.15) is 11.2 Å². The van der Waals surface area contributed by atoms with Crippen LogP contribution < -0.4 is 4.90 Å². The second-order valence-corrected chi connectivity index (χ2v) is 14.0. The maximum Gasteiger partial charge on any atom is 0.143 e. The van der Waals surface area contributed by atoms with Gasteiger partial charge in [0.2, 0.25) is 0 Å². The first-order valence-corrected chi connectivity index (χ1v) is 18.5. The molecule has 4 nitrogen and oxygen atoms in total. The highest BCUT2D eigenvalue weighted by atomic mass is 16.3. The molecule has 4 heteroatoms. The van der Waals surface area contributed by atoms with E-state index in [1.165, 1.54) is 0 Å². The molecule has 0 saturated carbocycles. The van der Waals surface area contributed by atoms with E-state index in [4.69, 9.17) is 4.42 Å². The largest absolute Gasteiger partial charge is 0.455 e. The summed E-state index contributed by atoms with van der Waals surface area (Å²) in [6.45, 7) is 0. The summed E-state index contributed by atoms with van der Waals surface area (Å²) in [6.07, 6.45) is 0. The molecule has 9 aromatic carbocycles. The normalized spacial score (nSPS) is 11.2. The van der Waals surface area contributed by atoms with E-state index in [0.29, 0.717) is 11.1 Å². The number of anilines is 3. The Kier molecular flexibility index (Phi) is 7.88. The fraction of sp³-hybridized carbons (Fsp3) is 0. The zero-order valence-corrected chi connectivity index (χ0v) is 30.1. The van der Waals surface area contributed by atoms with Crippen LogP contribution in [0.25, 0.3) is 76.9 Å². The van der Waals surface area contributed by atoms with Crippen molar-refractivity contribution in [3.8, 4) is 45.5 Å². The second-order valence-electron chi connectivity index (χ2n) is 14.0. The van der Waals surface area contributed by atoms with E-state index in [9.17, 15) is 10.5 Å². The highest BCUT2D eigenvalue weighted by Gasteiger charge is 2.16. The minimum absolute atomic E-state index is 0.662. The number of fused-ring (bicyclic) bond motifs is 5. The number of hydrogen-bond acceptors (Lipinski definition) is 4. The molecule has 10 rings (SSSR count). The standard InChI is InChI=1S/C52H31N3O/c53-32-34-8-10-43-30-41(14-12-39(43)28-34)36-16-22-45(23-17-36)55(46-24-18-37(19-25-46)42-15-13-40-29-35(33-54)9-11-44(40)31-42)47-26-20-38(21-27-47)48-5-3-6-50-49-4-1-2-7-51(49)56-52(48)50/h1-31H. The molecule has 0 bridgehead atoms. The SMILES string of the molecule is N#Cc1ccc2cc(-c3ccc(N(c4ccc(-c5ccc6cc(C#N)ccc6c5)cc4)c4ccc(-c5cccc6c5oc5ccccc56)cc4)cc3)ccc2c1. The summed E-state index contributed by atoms with van der Waals surface area (Å²) in [5.41, 5.74) is 12.8. The van der Waals surface area contributed by atoms with E-state index in [0.717, 1.165) is 93.9 Å². The molecular formula is C52H31N3O. The molecule has 0 N–H and O–H groups in total. The molecule has 260 valence electrons. The summed E-state index contributed by atoms with van der Waals surface area (Å²) in [5.74, 6) is 0. The van der Waals surface area contributed by atoms with E-state index in [2.05, 4.69) is 150 Å². The first-order valence-electron chi connectivity index (χ1n) is 18.5. The lowest BCUT2D eigenvalue weighted by molar-refractivity contribution is 0.670. The number of hydrogen-bond donors (Lipinski definition) is 0. The van der Waals surface area contributed by atoms with Crippen LogP contribution in [0.5, 0.6) is 0 Å². The Bertz CT molecular complexity index is 3060. The Balaban J connectivity index is 1.03. The molecule has 1 aromatic heterocycles. The predicted molar refractivity (Wildman–Crippen MR) is 229 cm³/mol. The lowest BCUT2D eigenvalue weighted by Gasteiger charge is -2.26. The lowest BCUT2D eigenvalue weighted by Crippen LogP contribution is -2.09. The molecular weight excluding hydrogens is 683 g/mol. The van der Waals surface area contributed by atoms with Crippen LogP contribution in [0.4, 0.5) is 17.1 Å². The Hall–Kier alpha value is -7.92. The average Bonchev–Trinajstić information content (AvgIpc) is 3.65. The van der Waals surface area contributed by atoms with Crippen LogP contribution in [0, 0.1) is 22.7 Å². The Labute approximate surface area is 324 Å². The van der Waals surface area contributed by atoms with Gasteiger partial charge < -0.3 is 9.32 Å². The molecule has 0 saturated heterocycles. The number of nitrogens with zero attached hydrogens (tertiary/aromatic N) is 3. The van der Waals surface area contributed by atoms with E-state index >= 15 is 0 Å². The van der Waals surface area contributed by atoms with Gasteiger partial charge in [0.25, 0.3) is 0 Å². The molecule has 0 radical (unpaired) electrons. The number of nitriles is 2. The van der Waals surface area contributed by atoms with Gasteiger partial charge in [-0.15, -0.1) is 0 Å². The molecule has 0 aliphatic rings. The molecule has 0 aliphatic carbocycles. The highest BCUT2D eigenvalue weighted by molar-refractivity contribution is 6.09. The van der Waals surface area contributed by atoms with Gasteiger partial charge in [0.05, 0.1) is 23.3 Å². The second kappa shape index (κ2) is 13.5. The van der Waals surface area contributed by atoms with Gasteiger partial charge in [-0.25, -0.2) is 0 Å². The molecule has 0 amide bonds. The zero-order chi connectivity index (χ0) is 37.6. The van der Waals surface area contributed by atoms with Crippen LogP contribution in [-0.4, -0.2) is 0 Å². The Morgan fingerprint density at radius 3 is 1.36 bits per heavy atom. The van der Waals surface area contributed by atoms with Gasteiger partial charge in [0.15, 0.2) is 0 Å². The Morgan fingerprint density at radius 2 is 0.821 bits per heavy atom. The smallest absolute Gasteiger partial charge is 0.143 e. The van der Waals surface area contributed by atoms with E-state index in [1.807, 2.05) is 54.6 Å². The van der Waals surface area contributed by atoms with Crippen molar-refractivity contribution >= 4 is 60.5 Å². The number of benzene rings is 9. The fourth-order valence-corrected chi connectivity index (χ4v) is 7.81. The molecule has 0 unspecified atom stereocenters. The number of furan rings is 1. The van der Waals surface area contributed by atoms with Gasteiger partial charge in [-0.3, -0.25) is 0 Å². The fourth-order valence-electron chi connectivity index (χ4n) is 7.81. The summed E-state index contributed by atoms with van der Waals surface area (Å²) in [6, 6.07) is 69.5. The third-order valence-electron chi connectivity index (χ3n) is 10.7. The van der Waals surface area contributed by atoms with Crippen LogP contribution in [-0.2, 0) is 0 Å². The van der Waals surface area contributed by atoms with Gasteiger partial charge in [-0.2, -0.15) is 10.5 Å². The maximum absolute atomic E-state index is 9.34. The van der Waals surface area contributed by atoms with Crippen molar-refractivity contribution in [1.82, 2.24) is 0 Å². The molecule has 10 aromatic rings. The molecule has 0 fully saturated rings. The minimum atomic E-state index is 0.662. The summed E-state index contributed by atoms with van der Waals surface area (Å²) in [4.78, 5) is 2.28. The van der Waals surface area contributed by atoms with Gasteiger partial charge in [0, 0.05) is 33.4 Å². The average molecular weight is 714 g/mol. The lowest BCUT2D eigenvalue weighted by atomic mass is 9.99. The molecule has 1 heterocycles. The van der Waals surface area contributed by atoms with E-state index in [-0.39, 0.29) is 0 Å². The summed E-state index contributed by atoms with van der Waals surface area (Å²) in [5, 5.41) is 25.2.